The molecule has 0 aliphatic carbocycles. The van der Waals surface area contributed by atoms with Gasteiger partial charge in [0.05, 0.1) is 11.1 Å². The first-order chi connectivity index (χ1) is 13.7. The molecule has 0 aliphatic rings. The largest absolute Gasteiger partial charge is 0.457 e. The highest BCUT2D eigenvalue weighted by atomic mass is 19.4. The van der Waals surface area contributed by atoms with Gasteiger partial charge in [0.15, 0.2) is 0 Å². The number of nitrogens with two attached hydrogens (primary N) is 1. The summed E-state index contributed by atoms with van der Waals surface area (Å²) in [6.07, 6.45) is -4.39. The Morgan fingerprint density at radius 1 is 1.00 bits per heavy atom. The van der Waals surface area contributed by atoms with Gasteiger partial charge in [-0.3, -0.25) is 4.79 Å². The number of aryl methyl sites for hydroxylation is 1. The number of carbonyl (C=O) groups is 1. The minimum absolute atomic E-state index is 0.169. The number of aromatic nitrogens is 1. The molecule has 1 aromatic heterocycles. The molecule has 1 amide bonds. The molecule has 5 nitrogen and oxygen atoms in total. The van der Waals surface area contributed by atoms with Crippen LogP contribution in [0.4, 0.5) is 19.0 Å². The maximum Gasteiger partial charge on any atom is 0.416 e. The van der Waals surface area contributed by atoms with Crippen LogP contribution in [0.1, 0.15) is 27.2 Å². The summed E-state index contributed by atoms with van der Waals surface area (Å²) in [4.78, 5) is 16.3. The number of hydrogen-bond donors (Lipinski definition) is 2. The van der Waals surface area contributed by atoms with E-state index in [9.17, 15) is 18.0 Å². The van der Waals surface area contributed by atoms with Crippen molar-refractivity contribution in [1.29, 1.82) is 0 Å². The lowest BCUT2D eigenvalue weighted by Gasteiger charge is -2.10. The van der Waals surface area contributed by atoms with E-state index >= 15 is 0 Å². The second-order valence-corrected chi connectivity index (χ2v) is 6.34. The standard InChI is InChI=1S/C21H18F3N3O2/c1-13-2-11-18(19(25)27-13)20(28)26-12-14-3-7-16(8-4-14)29-17-9-5-15(6-10-17)21(22,23)24/h2-11H,12H2,1H3,(H2,25,27)(H,26,28). The van der Waals surface area contributed by atoms with Gasteiger partial charge in [-0.25, -0.2) is 4.98 Å². The van der Waals surface area contributed by atoms with Crippen molar-refractivity contribution in [3.05, 3.63) is 83.0 Å². The van der Waals surface area contributed by atoms with E-state index in [1.54, 1.807) is 43.3 Å². The van der Waals surface area contributed by atoms with E-state index in [2.05, 4.69) is 10.3 Å². The van der Waals surface area contributed by atoms with Crippen LogP contribution in [0.5, 0.6) is 11.5 Å². The molecular formula is C21H18F3N3O2. The first-order valence-electron chi connectivity index (χ1n) is 8.68. The number of ether oxygens (including phenoxy) is 1. The molecule has 0 bridgehead atoms. The number of pyridine rings is 1. The lowest BCUT2D eigenvalue weighted by Crippen LogP contribution is -2.24. The van der Waals surface area contributed by atoms with Crippen molar-refractivity contribution in [2.24, 2.45) is 0 Å². The predicted octanol–water partition coefficient (Wildman–Crippen LogP) is 4.71. The van der Waals surface area contributed by atoms with Crippen LogP contribution in [0.3, 0.4) is 0 Å². The molecule has 3 aromatic rings. The van der Waals surface area contributed by atoms with E-state index in [0.717, 1.165) is 23.4 Å². The van der Waals surface area contributed by atoms with E-state index in [0.29, 0.717) is 17.1 Å². The van der Waals surface area contributed by atoms with Crippen molar-refractivity contribution in [1.82, 2.24) is 10.3 Å². The number of anilines is 1. The number of carbonyl (C=O) groups excluding carboxylic acids is 1. The molecule has 0 saturated heterocycles. The number of nitrogens with one attached hydrogen (secondary N) is 1. The minimum Gasteiger partial charge on any atom is -0.457 e. The van der Waals surface area contributed by atoms with Crippen LogP contribution in [0.25, 0.3) is 0 Å². The molecule has 0 spiro atoms. The third kappa shape index (κ3) is 5.25. The molecule has 0 aliphatic heterocycles. The number of rotatable bonds is 5. The van der Waals surface area contributed by atoms with Crippen molar-refractivity contribution in [2.45, 2.75) is 19.6 Å². The molecule has 0 fully saturated rings. The Kier molecular flexibility index (Phi) is 5.72. The Hall–Kier alpha value is -3.55. The summed E-state index contributed by atoms with van der Waals surface area (Å²) < 4.78 is 43.3. The Labute approximate surface area is 165 Å². The molecular weight excluding hydrogens is 383 g/mol. The molecule has 8 heteroatoms. The van der Waals surface area contributed by atoms with Gasteiger partial charge in [-0.05, 0) is 61.0 Å². The zero-order valence-electron chi connectivity index (χ0n) is 15.5. The Bertz CT molecular complexity index is 1000. The third-order valence-electron chi connectivity index (χ3n) is 4.10. The van der Waals surface area contributed by atoms with E-state index in [1.165, 1.54) is 12.1 Å². The molecule has 29 heavy (non-hydrogen) atoms. The number of alkyl halides is 3. The fraction of sp³-hybridized carbons (Fsp3) is 0.143. The quantitative estimate of drug-likeness (QED) is 0.649. The first-order valence-corrected chi connectivity index (χ1v) is 8.68. The molecule has 2 aromatic carbocycles. The maximum atomic E-state index is 12.6. The van der Waals surface area contributed by atoms with Crippen molar-refractivity contribution in [3.8, 4) is 11.5 Å². The van der Waals surface area contributed by atoms with Crippen molar-refractivity contribution < 1.29 is 22.7 Å². The van der Waals surface area contributed by atoms with Gasteiger partial charge >= 0.3 is 6.18 Å². The van der Waals surface area contributed by atoms with Crippen LogP contribution in [0, 0.1) is 6.92 Å². The lowest BCUT2D eigenvalue weighted by atomic mass is 10.2. The average molecular weight is 401 g/mol. The number of halogens is 3. The maximum absolute atomic E-state index is 12.6. The second kappa shape index (κ2) is 8.22. The molecule has 0 atom stereocenters. The summed E-state index contributed by atoms with van der Waals surface area (Å²) in [7, 11) is 0. The topological polar surface area (TPSA) is 77.2 Å². The lowest BCUT2D eigenvalue weighted by molar-refractivity contribution is -0.137. The molecule has 3 rings (SSSR count). The van der Waals surface area contributed by atoms with E-state index in [1.807, 2.05) is 0 Å². The Morgan fingerprint density at radius 2 is 1.59 bits per heavy atom. The van der Waals surface area contributed by atoms with Gasteiger partial charge in [0.2, 0.25) is 0 Å². The van der Waals surface area contributed by atoms with Gasteiger partial charge in [-0.2, -0.15) is 13.2 Å². The normalized spacial score (nSPS) is 11.2. The zero-order chi connectivity index (χ0) is 21.0. The fourth-order valence-corrected chi connectivity index (χ4v) is 2.57. The Balaban J connectivity index is 1.58. The van der Waals surface area contributed by atoms with Crippen molar-refractivity contribution in [2.75, 3.05) is 5.73 Å². The fourth-order valence-electron chi connectivity index (χ4n) is 2.57. The van der Waals surface area contributed by atoms with Gasteiger partial charge in [0.25, 0.3) is 5.91 Å². The zero-order valence-corrected chi connectivity index (χ0v) is 15.5. The number of nitrogens with zero attached hydrogens (tertiary/aromatic N) is 1. The van der Waals surface area contributed by atoms with Crippen LogP contribution < -0.4 is 15.8 Å². The smallest absolute Gasteiger partial charge is 0.416 e. The van der Waals surface area contributed by atoms with Gasteiger partial charge in [0.1, 0.15) is 17.3 Å². The SMILES string of the molecule is Cc1ccc(C(=O)NCc2ccc(Oc3ccc(C(F)(F)F)cc3)cc2)c(N)n1. The monoisotopic (exact) mass is 401 g/mol. The van der Waals surface area contributed by atoms with Gasteiger partial charge in [-0.1, -0.05) is 12.1 Å². The molecule has 3 N–H and O–H groups in total. The predicted molar refractivity (Wildman–Crippen MR) is 103 cm³/mol. The molecule has 0 unspecified atom stereocenters. The summed E-state index contributed by atoms with van der Waals surface area (Å²) in [5.74, 6) is 0.594. The van der Waals surface area contributed by atoms with Crippen molar-refractivity contribution >= 4 is 11.7 Å². The minimum atomic E-state index is -4.39. The number of nitrogen functional groups attached to an aromatic ring is 1. The molecule has 0 radical (unpaired) electrons. The van der Waals surface area contributed by atoms with Gasteiger partial charge < -0.3 is 15.8 Å². The summed E-state index contributed by atoms with van der Waals surface area (Å²) >= 11 is 0. The highest BCUT2D eigenvalue weighted by Gasteiger charge is 2.30. The molecule has 0 saturated carbocycles. The number of amides is 1. The second-order valence-electron chi connectivity index (χ2n) is 6.34. The molecule has 1 heterocycles. The first kappa shape index (κ1) is 20.2. The van der Waals surface area contributed by atoms with E-state index < -0.39 is 11.7 Å². The van der Waals surface area contributed by atoms with Crippen LogP contribution in [0.2, 0.25) is 0 Å². The highest BCUT2D eigenvalue weighted by molar-refractivity contribution is 5.98. The average Bonchev–Trinajstić information content (AvgIpc) is 2.67. The van der Waals surface area contributed by atoms with Crippen LogP contribution >= 0.6 is 0 Å². The van der Waals surface area contributed by atoms with Crippen LogP contribution in [-0.2, 0) is 12.7 Å². The Morgan fingerprint density at radius 3 is 2.14 bits per heavy atom. The number of benzene rings is 2. The summed E-state index contributed by atoms with van der Waals surface area (Å²) in [6.45, 7) is 2.05. The molecule has 150 valence electrons. The third-order valence-corrected chi connectivity index (χ3v) is 4.10. The summed E-state index contributed by atoms with van der Waals surface area (Å²) in [5.41, 5.74) is 6.88. The summed E-state index contributed by atoms with van der Waals surface area (Å²) in [6, 6.07) is 14.6. The summed E-state index contributed by atoms with van der Waals surface area (Å²) in [5, 5.41) is 2.76. The van der Waals surface area contributed by atoms with Crippen LogP contribution in [-0.4, -0.2) is 10.9 Å². The number of hydrogen-bond acceptors (Lipinski definition) is 4. The van der Waals surface area contributed by atoms with E-state index in [-0.39, 0.29) is 18.3 Å². The van der Waals surface area contributed by atoms with Gasteiger partial charge in [0, 0.05) is 12.2 Å². The van der Waals surface area contributed by atoms with Crippen LogP contribution in [0.15, 0.2) is 60.7 Å². The highest BCUT2D eigenvalue weighted by Crippen LogP contribution is 2.31. The van der Waals surface area contributed by atoms with E-state index in [4.69, 9.17) is 10.5 Å². The van der Waals surface area contributed by atoms with Gasteiger partial charge in [-0.15, -0.1) is 0 Å². The van der Waals surface area contributed by atoms with Crippen molar-refractivity contribution in [3.63, 3.8) is 0 Å².